The molecule has 0 N–H and O–H groups in total. The lowest BCUT2D eigenvalue weighted by Crippen LogP contribution is -2.52. The summed E-state index contributed by atoms with van der Waals surface area (Å²) in [4.78, 5) is 0. The van der Waals surface area contributed by atoms with Crippen LogP contribution < -0.4 is 9.47 Å². The van der Waals surface area contributed by atoms with Gasteiger partial charge in [0.25, 0.3) is 0 Å². The van der Waals surface area contributed by atoms with Crippen LogP contribution in [-0.2, 0) is 5.33 Å². The number of hydrogen-bond acceptors (Lipinski definition) is 2. The van der Waals surface area contributed by atoms with E-state index in [1.54, 1.807) is 0 Å². The first-order valence-corrected chi connectivity index (χ1v) is 5.30. The van der Waals surface area contributed by atoms with Gasteiger partial charge in [0.2, 0.25) is 0 Å². The largest absolute Gasteiger partial charge is 0.507 e. The zero-order valence-electron chi connectivity index (χ0n) is 7.65. The van der Waals surface area contributed by atoms with E-state index in [4.69, 9.17) is 0 Å². The number of fused-ring (bicyclic) bond motifs is 1. The molecule has 0 spiro atoms. The van der Waals surface area contributed by atoms with Gasteiger partial charge in [-0.05, 0) is 17.7 Å². The standard InChI is InChI=1S/C9H5BrF4O2/c10-4-5-1-2-6-7(3-5)16-9(13,14)8(11,12)15-6/h1-3H,4H2. The van der Waals surface area contributed by atoms with Crippen LogP contribution in [0.3, 0.4) is 0 Å². The van der Waals surface area contributed by atoms with Crippen molar-refractivity contribution in [2.75, 3.05) is 0 Å². The topological polar surface area (TPSA) is 18.5 Å². The second-order valence-corrected chi connectivity index (χ2v) is 3.71. The Hall–Kier alpha value is -0.980. The number of alkyl halides is 5. The molecule has 2 nitrogen and oxygen atoms in total. The van der Waals surface area contributed by atoms with Gasteiger partial charge in [-0.25, -0.2) is 0 Å². The van der Waals surface area contributed by atoms with Gasteiger partial charge in [0.1, 0.15) is 0 Å². The van der Waals surface area contributed by atoms with E-state index < -0.39 is 23.7 Å². The first-order valence-electron chi connectivity index (χ1n) is 4.18. The van der Waals surface area contributed by atoms with E-state index in [0.29, 0.717) is 10.9 Å². The van der Waals surface area contributed by atoms with Crippen LogP contribution in [0.15, 0.2) is 18.2 Å². The maximum atomic E-state index is 12.8. The van der Waals surface area contributed by atoms with Crippen LogP contribution in [-0.4, -0.2) is 12.2 Å². The molecule has 1 aromatic rings. The molecule has 2 rings (SSSR count). The summed E-state index contributed by atoms with van der Waals surface area (Å²) in [5.41, 5.74) is 0.614. The summed E-state index contributed by atoms with van der Waals surface area (Å²) in [6.45, 7) is 0. The average molecular weight is 301 g/mol. The molecule has 1 aromatic carbocycles. The quantitative estimate of drug-likeness (QED) is 0.583. The summed E-state index contributed by atoms with van der Waals surface area (Å²) in [5, 5.41) is 0.394. The lowest BCUT2D eigenvalue weighted by atomic mass is 10.2. The maximum Gasteiger partial charge on any atom is 0.507 e. The number of halogens is 5. The molecule has 0 aliphatic carbocycles. The van der Waals surface area contributed by atoms with Crippen LogP contribution in [0, 0.1) is 0 Å². The molecule has 0 bridgehead atoms. The van der Waals surface area contributed by atoms with Crippen molar-refractivity contribution < 1.29 is 27.0 Å². The molecule has 0 aromatic heterocycles. The normalized spacial score (nSPS) is 20.6. The van der Waals surface area contributed by atoms with Crippen molar-refractivity contribution in [3.05, 3.63) is 23.8 Å². The minimum atomic E-state index is -4.66. The SMILES string of the molecule is FC1(F)Oc2ccc(CBr)cc2OC1(F)F. The lowest BCUT2D eigenvalue weighted by Gasteiger charge is -2.31. The summed E-state index contributed by atoms with van der Waals surface area (Å²) >= 11 is 3.10. The minimum absolute atomic E-state index is 0.394. The Morgan fingerprint density at radius 3 is 2.12 bits per heavy atom. The molecule has 16 heavy (non-hydrogen) atoms. The van der Waals surface area contributed by atoms with Crippen molar-refractivity contribution >= 4 is 15.9 Å². The third-order valence-corrected chi connectivity index (χ3v) is 2.63. The van der Waals surface area contributed by atoms with E-state index in [-0.39, 0.29) is 0 Å². The highest BCUT2D eigenvalue weighted by molar-refractivity contribution is 9.08. The average Bonchev–Trinajstić information content (AvgIpc) is 2.18. The summed E-state index contributed by atoms with van der Waals surface area (Å²) in [5.74, 6) is -0.798. The van der Waals surface area contributed by atoms with E-state index in [0.717, 1.165) is 6.07 Å². The van der Waals surface area contributed by atoms with Gasteiger partial charge in [-0.15, -0.1) is 0 Å². The predicted molar refractivity (Wildman–Crippen MR) is 50.2 cm³/mol. The van der Waals surface area contributed by atoms with Gasteiger partial charge in [-0.2, -0.15) is 17.6 Å². The van der Waals surface area contributed by atoms with E-state index in [1.807, 2.05) is 0 Å². The molecule has 0 amide bonds. The lowest BCUT2D eigenvalue weighted by molar-refractivity contribution is -0.391. The van der Waals surface area contributed by atoms with Crippen molar-refractivity contribution in [1.82, 2.24) is 0 Å². The Bertz CT molecular complexity index is 422. The fraction of sp³-hybridized carbons (Fsp3) is 0.333. The van der Waals surface area contributed by atoms with E-state index in [2.05, 4.69) is 25.4 Å². The first kappa shape index (κ1) is 11.5. The van der Waals surface area contributed by atoms with Crippen LogP contribution in [0.25, 0.3) is 0 Å². The molecule has 0 radical (unpaired) electrons. The molecule has 0 saturated heterocycles. The monoisotopic (exact) mass is 300 g/mol. The third kappa shape index (κ3) is 1.73. The predicted octanol–water partition coefficient (Wildman–Crippen LogP) is 3.54. The Morgan fingerprint density at radius 1 is 1.00 bits per heavy atom. The van der Waals surface area contributed by atoms with Gasteiger partial charge in [0.05, 0.1) is 0 Å². The van der Waals surface area contributed by atoms with E-state index in [9.17, 15) is 17.6 Å². The van der Waals surface area contributed by atoms with Crippen molar-refractivity contribution in [1.29, 1.82) is 0 Å². The van der Waals surface area contributed by atoms with Crippen LogP contribution in [0.5, 0.6) is 11.5 Å². The molecule has 0 unspecified atom stereocenters. The molecule has 0 saturated carbocycles. The van der Waals surface area contributed by atoms with Crippen molar-refractivity contribution in [2.24, 2.45) is 0 Å². The molecular weight excluding hydrogens is 296 g/mol. The van der Waals surface area contributed by atoms with Gasteiger partial charge >= 0.3 is 12.2 Å². The van der Waals surface area contributed by atoms with Crippen LogP contribution in [0.2, 0.25) is 0 Å². The number of rotatable bonds is 1. The Morgan fingerprint density at radius 2 is 1.56 bits per heavy atom. The Balaban J connectivity index is 2.43. The highest BCUT2D eigenvalue weighted by Gasteiger charge is 2.65. The number of ether oxygens (including phenoxy) is 2. The fourth-order valence-electron chi connectivity index (χ4n) is 1.19. The molecular formula is C9H5BrF4O2. The minimum Gasteiger partial charge on any atom is -0.421 e. The summed E-state index contributed by atoms with van der Waals surface area (Å²) in [7, 11) is 0. The van der Waals surface area contributed by atoms with E-state index >= 15 is 0 Å². The molecule has 88 valence electrons. The number of hydrogen-bond donors (Lipinski definition) is 0. The zero-order valence-corrected chi connectivity index (χ0v) is 9.23. The van der Waals surface area contributed by atoms with E-state index in [1.165, 1.54) is 12.1 Å². The molecule has 1 heterocycles. The Labute approximate surface area is 96.3 Å². The second-order valence-electron chi connectivity index (χ2n) is 3.15. The van der Waals surface area contributed by atoms with Gasteiger partial charge in [-0.3, -0.25) is 0 Å². The van der Waals surface area contributed by atoms with Gasteiger partial charge < -0.3 is 9.47 Å². The fourth-order valence-corrected chi connectivity index (χ4v) is 1.54. The molecule has 0 fully saturated rings. The molecule has 0 atom stereocenters. The molecule has 1 aliphatic rings. The van der Waals surface area contributed by atoms with Crippen LogP contribution in [0.1, 0.15) is 5.56 Å². The smallest absolute Gasteiger partial charge is 0.421 e. The third-order valence-electron chi connectivity index (χ3n) is 1.98. The highest BCUT2D eigenvalue weighted by Crippen LogP contribution is 2.47. The second kappa shape index (κ2) is 3.51. The van der Waals surface area contributed by atoms with Crippen molar-refractivity contribution in [3.63, 3.8) is 0 Å². The van der Waals surface area contributed by atoms with Crippen molar-refractivity contribution in [2.45, 2.75) is 17.5 Å². The van der Waals surface area contributed by atoms with Crippen LogP contribution >= 0.6 is 15.9 Å². The number of benzene rings is 1. The summed E-state index contributed by atoms with van der Waals surface area (Å²) in [6.07, 6.45) is -9.32. The van der Waals surface area contributed by atoms with Gasteiger partial charge in [0, 0.05) is 5.33 Å². The van der Waals surface area contributed by atoms with Crippen LogP contribution in [0.4, 0.5) is 17.6 Å². The zero-order chi connectivity index (χ0) is 12.0. The van der Waals surface area contributed by atoms with Gasteiger partial charge in [0.15, 0.2) is 11.5 Å². The Kier molecular flexibility index (Phi) is 2.52. The highest BCUT2D eigenvalue weighted by atomic mass is 79.9. The summed E-state index contributed by atoms with van der Waals surface area (Å²) < 4.78 is 58.9. The molecule has 7 heteroatoms. The van der Waals surface area contributed by atoms with Crippen molar-refractivity contribution in [3.8, 4) is 11.5 Å². The first-order chi connectivity index (χ1) is 7.36. The summed E-state index contributed by atoms with van der Waals surface area (Å²) in [6, 6.07) is 3.85. The van der Waals surface area contributed by atoms with Gasteiger partial charge in [-0.1, -0.05) is 22.0 Å². The maximum absolute atomic E-state index is 12.8. The molecule has 1 aliphatic heterocycles.